The number of aromatic nitrogens is 2. The van der Waals surface area contributed by atoms with Crippen LogP contribution in [-0.4, -0.2) is 16.1 Å². The Morgan fingerprint density at radius 2 is 1.77 bits per heavy atom. The molecule has 0 bridgehead atoms. The van der Waals surface area contributed by atoms with Crippen molar-refractivity contribution in [3.63, 3.8) is 0 Å². The number of hydrogen-bond donors (Lipinski definition) is 2. The van der Waals surface area contributed by atoms with Crippen LogP contribution in [0.4, 0.5) is 23.1 Å². The van der Waals surface area contributed by atoms with Crippen LogP contribution in [0.1, 0.15) is 19.4 Å². The van der Waals surface area contributed by atoms with Gasteiger partial charge in [-0.2, -0.15) is 4.98 Å². The van der Waals surface area contributed by atoms with Gasteiger partial charge in [-0.3, -0.25) is 0 Å². The summed E-state index contributed by atoms with van der Waals surface area (Å²) in [4.78, 5) is 8.77. The molecule has 26 heavy (non-hydrogen) atoms. The van der Waals surface area contributed by atoms with Crippen molar-refractivity contribution in [1.82, 2.24) is 9.97 Å². The lowest BCUT2D eigenvalue weighted by molar-refractivity contribution is 0.242. The molecule has 1 heterocycles. The van der Waals surface area contributed by atoms with Gasteiger partial charge >= 0.3 is 0 Å². The second-order valence-corrected chi connectivity index (χ2v) is 6.60. The van der Waals surface area contributed by atoms with E-state index in [1.807, 2.05) is 69.3 Å². The summed E-state index contributed by atoms with van der Waals surface area (Å²) in [6.45, 7) is 5.99. The molecule has 0 amide bonds. The van der Waals surface area contributed by atoms with Gasteiger partial charge in [0, 0.05) is 22.6 Å². The Bertz CT molecular complexity index is 881. The summed E-state index contributed by atoms with van der Waals surface area (Å²) in [6.07, 6.45) is 1.86. The number of anilines is 4. The fraction of sp³-hybridized carbons (Fsp3) is 0.200. The van der Waals surface area contributed by atoms with Crippen molar-refractivity contribution in [3.8, 4) is 5.75 Å². The Kier molecular flexibility index (Phi) is 5.58. The zero-order chi connectivity index (χ0) is 18.5. The van der Waals surface area contributed by atoms with Gasteiger partial charge < -0.3 is 15.4 Å². The van der Waals surface area contributed by atoms with Crippen LogP contribution in [0, 0.1) is 6.92 Å². The maximum Gasteiger partial charge on any atom is 0.229 e. The molecule has 0 aliphatic rings. The standard InChI is InChI=1S/C20H21ClN4O/c1-13(2)26-17-7-5-16(6-8-17)23-19-10-11-22-20(25-19)24-18-9-4-15(21)12-14(18)3/h4-13H,1-3H3,(H2,22,23,24,25). The normalized spacial score (nSPS) is 10.7. The molecule has 3 aromatic rings. The molecular weight excluding hydrogens is 348 g/mol. The molecule has 0 radical (unpaired) electrons. The fourth-order valence-electron chi connectivity index (χ4n) is 2.41. The van der Waals surface area contributed by atoms with Gasteiger partial charge in [-0.05, 0) is 74.9 Å². The third-order valence-corrected chi connectivity index (χ3v) is 3.82. The zero-order valence-electron chi connectivity index (χ0n) is 15.0. The number of rotatable bonds is 6. The van der Waals surface area contributed by atoms with E-state index in [4.69, 9.17) is 16.3 Å². The lowest BCUT2D eigenvalue weighted by atomic mass is 10.2. The quantitative estimate of drug-likeness (QED) is 0.583. The van der Waals surface area contributed by atoms with Crippen LogP contribution in [0.3, 0.4) is 0 Å². The minimum atomic E-state index is 0.153. The smallest absolute Gasteiger partial charge is 0.229 e. The molecule has 1 aromatic heterocycles. The summed E-state index contributed by atoms with van der Waals surface area (Å²) in [5, 5.41) is 7.19. The minimum absolute atomic E-state index is 0.153. The number of nitrogens with one attached hydrogen (secondary N) is 2. The summed E-state index contributed by atoms with van der Waals surface area (Å²) in [7, 11) is 0. The van der Waals surface area contributed by atoms with Crippen molar-refractivity contribution in [2.45, 2.75) is 26.9 Å². The molecule has 0 saturated heterocycles. The van der Waals surface area contributed by atoms with Crippen molar-refractivity contribution >= 4 is 34.7 Å². The lowest BCUT2D eigenvalue weighted by Gasteiger charge is -2.12. The first kappa shape index (κ1) is 18.0. The predicted octanol–water partition coefficient (Wildman–Crippen LogP) is 5.71. The van der Waals surface area contributed by atoms with Crippen molar-refractivity contribution < 1.29 is 4.74 Å². The maximum absolute atomic E-state index is 6.00. The maximum atomic E-state index is 6.00. The first-order valence-electron chi connectivity index (χ1n) is 8.39. The third-order valence-electron chi connectivity index (χ3n) is 3.59. The Balaban J connectivity index is 1.71. The van der Waals surface area contributed by atoms with Gasteiger partial charge in [0.15, 0.2) is 0 Å². The molecule has 6 heteroatoms. The number of benzene rings is 2. The molecule has 0 fully saturated rings. The molecule has 5 nitrogen and oxygen atoms in total. The van der Waals surface area contributed by atoms with Gasteiger partial charge in [0.2, 0.25) is 5.95 Å². The summed E-state index contributed by atoms with van der Waals surface area (Å²) in [5.41, 5.74) is 2.87. The molecule has 134 valence electrons. The van der Waals surface area contributed by atoms with Crippen LogP contribution >= 0.6 is 11.6 Å². The van der Waals surface area contributed by atoms with Gasteiger partial charge in [-0.15, -0.1) is 0 Å². The monoisotopic (exact) mass is 368 g/mol. The average Bonchev–Trinajstić information content (AvgIpc) is 2.59. The van der Waals surface area contributed by atoms with E-state index in [1.54, 1.807) is 6.20 Å². The highest BCUT2D eigenvalue weighted by molar-refractivity contribution is 6.30. The van der Waals surface area contributed by atoms with Crippen molar-refractivity contribution in [1.29, 1.82) is 0 Å². The second kappa shape index (κ2) is 8.06. The number of aryl methyl sites for hydroxylation is 1. The van der Waals surface area contributed by atoms with E-state index in [2.05, 4.69) is 20.6 Å². The molecule has 2 aromatic carbocycles. The van der Waals surface area contributed by atoms with E-state index in [1.165, 1.54) is 0 Å². The minimum Gasteiger partial charge on any atom is -0.491 e. The average molecular weight is 369 g/mol. The number of hydrogen-bond acceptors (Lipinski definition) is 5. The molecule has 0 unspecified atom stereocenters. The van der Waals surface area contributed by atoms with Crippen LogP contribution in [0.5, 0.6) is 5.75 Å². The largest absolute Gasteiger partial charge is 0.491 e. The summed E-state index contributed by atoms with van der Waals surface area (Å²) in [5.74, 6) is 2.06. The first-order chi connectivity index (χ1) is 12.5. The molecular formula is C20H21ClN4O. The Morgan fingerprint density at radius 1 is 1.00 bits per heavy atom. The highest BCUT2D eigenvalue weighted by Gasteiger charge is 2.04. The van der Waals surface area contributed by atoms with Gasteiger partial charge in [0.25, 0.3) is 0 Å². The summed E-state index contributed by atoms with van der Waals surface area (Å²) < 4.78 is 5.65. The molecule has 0 saturated carbocycles. The van der Waals surface area contributed by atoms with Crippen LogP contribution in [-0.2, 0) is 0 Å². The van der Waals surface area contributed by atoms with Crippen LogP contribution in [0.25, 0.3) is 0 Å². The van der Waals surface area contributed by atoms with Crippen LogP contribution in [0.15, 0.2) is 54.7 Å². The number of nitrogens with zero attached hydrogens (tertiary/aromatic N) is 2. The van der Waals surface area contributed by atoms with Gasteiger partial charge in [-0.1, -0.05) is 11.6 Å². The van der Waals surface area contributed by atoms with E-state index in [-0.39, 0.29) is 6.10 Å². The number of halogens is 1. The van der Waals surface area contributed by atoms with Crippen LogP contribution < -0.4 is 15.4 Å². The molecule has 0 aliphatic heterocycles. The molecule has 0 spiro atoms. The second-order valence-electron chi connectivity index (χ2n) is 6.17. The number of ether oxygens (including phenoxy) is 1. The van der Waals surface area contributed by atoms with Gasteiger partial charge in [0.1, 0.15) is 11.6 Å². The molecule has 0 atom stereocenters. The van der Waals surface area contributed by atoms with E-state index in [0.29, 0.717) is 16.8 Å². The van der Waals surface area contributed by atoms with Gasteiger partial charge in [0.05, 0.1) is 6.10 Å². The Labute approximate surface area is 158 Å². The van der Waals surface area contributed by atoms with E-state index in [0.717, 1.165) is 22.7 Å². The SMILES string of the molecule is Cc1cc(Cl)ccc1Nc1nccc(Nc2ccc(OC(C)C)cc2)n1. The van der Waals surface area contributed by atoms with Crippen molar-refractivity contribution in [3.05, 3.63) is 65.3 Å². The highest BCUT2D eigenvalue weighted by Crippen LogP contribution is 2.23. The third kappa shape index (κ3) is 4.86. The van der Waals surface area contributed by atoms with E-state index < -0.39 is 0 Å². The van der Waals surface area contributed by atoms with Crippen molar-refractivity contribution in [2.24, 2.45) is 0 Å². The summed E-state index contributed by atoms with van der Waals surface area (Å²) >= 11 is 6.00. The molecule has 2 N–H and O–H groups in total. The summed E-state index contributed by atoms with van der Waals surface area (Å²) in [6, 6.07) is 15.2. The first-order valence-corrected chi connectivity index (χ1v) is 8.77. The molecule has 0 aliphatic carbocycles. The van der Waals surface area contributed by atoms with Gasteiger partial charge in [-0.25, -0.2) is 4.98 Å². The Hall–Kier alpha value is -2.79. The predicted molar refractivity (Wildman–Crippen MR) is 107 cm³/mol. The topological polar surface area (TPSA) is 59.1 Å². The van der Waals surface area contributed by atoms with E-state index >= 15 is 0 Å². The lowest BCUT2D eigenvalue weighted by Crippen LogP contribution is -2.05. The van der Waals surface area contributed by atoms with Crippen molar-refractivity contribution in [2.75, 3.05) is 10.6 Å². The van der Waals surface area contributed by atoms with E-state index in [9.17, 15) is 0 Å². The highest BCUT2D eigenvalue weighted by atomic mass is 35.5. The fourth-order valence-corrected chi connectivity index (χ4v) is 2.64. The molecule has 3 rings (SSSR count). The zero-order valence-corrected chi connectivity index (χ0v) is 15.7. The van der Waals surface area contributed by atoms with Crippen LogP contribution in [0.2, 0.25) is 5.02 Å². The Morgan fingerprint density at radius 3 is 2.46 bits per heavy atom.